The fourth-order valence-corrected chi connectivity index (χ4v) is 1.97. The minimum absolute atomic E-state index is 0.303. The highest BCUT2D eigenvalue weighted by Crippen LogP contribution is 2.32. The maximum absolute atomic E-state index is 13.4. The number of alkyl halides is 3. The van der Waals surface area contributed by atoms with Gasteiger partial charge in [0.05, 0.1) is 13.3 Å². The van der Waals surface area contributed by atoms with Crippen molar-refractivity contribution in [3.8, 4) is 5.75 Å². The highest BCUT2D eigenvalue weighted by molar-refractivity contribution is 9.10. The van der Waals surface area contributed by atoms with Gasteiger partial charge in [-0.3, -0.25) is 9.20 Å². The van der Waals surface area contributed by atoms with Crippen LogP contribution in [0.2, 0.25) is 0 Å². The molecule has 9 heteroatoms. The Morgan fingerprint density at radius 3 is 2.58 bits per heavy atom. The van der Waals surface area contributed by atoms with Gasteiger partial charge >= 0.3 is 6.18 Å². The molecule has 0 aliphatic carbocycles. The Hall–Kier alpha value is -1.64. The summed E-state index contributed by atoms with van der Waals surface area (Å²) < 4.78 is 55.9. The van der Waals surface area contributed by atoms with Crippen LogP contribution in [0, 0.1) is 5.82 Å². The van der Waals surface area contributed by atoms with Gasteiger partial charge in [-0.1, -0.05) is 0 Å². The number of rotatable bonds is 1. The number of methoxy groups -OCH3 is 1. The predicted molar refractivity (Wildman–Crippen MR) is 60.7 cm³/mol. The number of hydrogen-bond acceptors (Lipinski definition) is 3. The number of aromatic nitrogens is 2. The molecule has 2 aromatic heterocycles. The Morgan fingerprint density at radius 1 is 1.42 bits per heavy atom. The first-order valence-electron chi connectivity index (χ1n) is 4.78. The molecule has 4 nitrogen and oxygen atoms in total. The molecular weight excluding hydrogens is 336 g/mol. The molecule has 2 heterocycles. The number of fused-ring (bicyclic) bond motifs is 1. The Bertz CT molecular complexity index is 711. The molecule has 0 fully saturated rings. The molecule has 0 saturated heterocycles. The third-order valence-corrected chi connectivity index (χ3v) is 3.03. The zero-order valence-electron chi connectivity index (χ0n) is 9.26. The topological polar surface area (TPSA) is 43.6 Å². The van der Waals surface area contributed by atoms with Crippen molar-refractivity contribution in [2.75, 3.05) is 7.11 Å². The lowest BCUT2D eigenvalue weighted by Gasteiger charge is -2.10. The van der Waals surface area contributed by atoms with E-state index in [-0.39, 0.29) is 11.4 Å². The summed E-state index contributed by atoms with van der Waals surface area (Å²) in [6.45, 7) is 0. The van der Waals surface area contributed by atoms with E-state index >= 15 is 0 Å². The summed E-state index contributed by atoms with van der Waals surface area (Å²) in [7, 11) is 1.15. The quantitative estimate of drug-likeness (QED) is 0.749. The van der Waals surface area contributed by atoms with E-state index in [1.165, 1.54) is 0 Å². The number of pyridine rings is 1. The van der Waals surface area contributed by atoms with Crippen LogP contribution in [0.3, 0.4) is 0 Å². The molecule has 0 unspecified atom stereocenters. The van der Waals surface area contributed by atoms with Gasteiger partial charge in [-0.05, 0) is 15.9 Å². The van der Waals surface area contributed by atoms with Gasteiger partial charge in [-0.25, -0.2) is 9.37 Å². The normalized spacial score (nSPS) is 11.9. The first-order valence-corrected chi connectivity index (χ1v) is 5.57. The lowest BCUT2D eigenvalue weighted by molar-refractivity contribution is -0.141. The van der Waals surface area contributed by atoms with E-state index in [0.717, 1.165) is 13.2 Å². The van der Waals surface area contributed by atoms with E-state index in [9.17, 15) is 22.4 Å². The molecule has 0 bridgehead atoms. The van der Waals surface area contributed by atoms with Crippen molar-refractivity contribution in [2.24, 2.45) is 0 Å². The van der Waals surface area contributed by atoms with E-state index in [1.54, 1.807) is 0 Å². The monoisotopic (exact) mass is 340 g/mol. The van der Waals surface area contributed by atoms with Crippen molar-refractivity contribution < 1.29 is 22.3 Å². The summed E-state index contributed by atoms with van der Waals surface area (Å²) in [6, 6.07) is 0.915. The van der Waals surface area contributed by atoms with Gasteiger partial charge in [0.1, 0.15) is 10.1 Å². The molecule has 19 heavy (non-hydrogen) atoms. The lowest BCUT2D eigenvalue weighted by Crippen LogP contribution is -2.22. The van der Waals surface area contributed by atoms with Gasteiger partial charge < -0.3 is 4.74 Å². The molecule has 2 rings (SSSR count). The fraction of sp³-hybridized carbons (Fsp3) is 0.200. The van der Waals surface area contributed by atoms with Crippen molar-refractivity contribution in [3.05, 3.63) is 38.6 Å². The van der Waals surface area contributed by atoms with Crippen LogP contribution in [0.5, 0.6) is 5.75 Å². The van der Waals surface area contributed by atoms with Crippen LogP contribution >= 0.6 is 15.9 Å². The van der Waals surface area contributed by atoms with Crippen LogP contribution < -0.4 is 10.3 Å². The van der Waals surface area contributed by atoms with Gasteiger partial charge in [0.25, 0.3) is 5.56 Å². The van der Waals surface area contributed by atoms with E-state index in [1.807, 2.05) is 0 Å². The molecule has 0 atom stereocenters. The Kier molecular flexibility index (Phi) is 3.25. The van der Waals surface area contributed by atoms with Gasteiger partial charge in [0, 0.05) is 6.07 Å². The van der Waals surface area contributed by atoms with Crippen molar-refractivity contribution in [1.29, 1.82) is 0 Å². The van der Waals surface area contributed by atoms with E-state index in [0.29, 0.717) is 10.6 Å². The standard InChI is InChI=1S/C10H5BrF4N2O2/c1-19-5-2-6-16-8(10(13,14)15)7(11)9(18)17(6)3-4(5)12/h2-3H,1H3. The van der Waals surface area contributed by atoms with Crippen LogP contribution in [-0.4, -0.2) is 16.5 Å². The number of ether oxygens (including phenoxy) is 1. The molecule has 2 aromatic rings. The molecule has 0 radical (unpaired) electrons. The molecule has 102 valence electrons. The second-order valence-corrected chi connectivity index (χ2v) is 4.29. The number of nitrogens with zero attached hydrogens (tertiary/aromatic N) is 2. The highest BCUT2D eigenvalue weighted by atomic mass is 79.9. The molecule has 0 saturated carbocycles. The lowest BCUT2D eigenvalue weighted by atomic mass is 10.3. The van der Waals surface area contributed by atoms with Crippen molar-refractivity contribution in [3.63, 3.8) is 0 Å². The first-order chi connectivity index (χ1) is 8.75. The van der Waals surface area contributed by atoms with Crippen LogP contribution in [-0.2, 0) is 6.18 Å². The smallest absolute Gasteiger partial charge is 0.434 e. The third kappa shape index (κ3) is 2.29. The largest absolute Gasteiger partial charge is 0.493 e. The van der Waals surface area contributed by atoms with Gasteiger partial charge in [0.2, 0.25) is 0 Å². The van der Waals surface area contributed by atoms with Crippen molar-refractivity contribution in [2.45, 2.75) is 6.18 Å². The summed E-state index contributed by atoms with van der Waals surface area (Å²) in [5.74, 6) is -1.19. The zero-order valence-corrected chi connectivity index (χ0v) is 10.8. The molecule has 0 N–H and O–H groups in total. The van der Waals surface area contributed by atoms with Crippen molar-refractivity contribution in [1.82, 2.24) is 9.38 Å². The average molecular weight is 341 g/mol. The molecular formula is C10H5BrF4N2O2. The van der Waals surface area contributed by atoms with Gasteiger partial charge in [0.15, 0.2) is 17.3 Å². The molecule has 0 spiro atoms. The Morgan fingerprint density at radius 2 is 2.05 bits per heavy atom. The van der Waals surface area contributed by atoms with Gasteiger partial charge in [-0.15, -0.1) is 0 Å². The second kappa shape index (κ2) is 4.48. The van der Waals surface area contributed by atoms with Crippen LogP contribution in [0.1, 0.15) is 5.69 Å². The SMILES string of the molecule is COc1cc2nc(C(F)(F)F)c(Br)c(=O)n2cc1F. The summed E-state index contributed by atoms with van der Waals surface area (Å²) >= 11 is 2.53. The van der Waals surface area contributed by atoms with Crippen LogP contribution in [0.4, 0.5) is 17.6 Å². The predicted octanol–water partition coefficient (Wildman–Crippen LogP) is 2.62. The molecule has 0 aliphatic rings. The van der Waals surface area contributed by atoms with E-state index in [4.69, 9.17) is 0 Å². The van der Waals surface area contributed by atoms with Gasteiger partial charge in [-0.2, -0.15) is 13.2 Å². The molecule has 0 aromatic carbocycles. The third-order valence-electron chi connectivity index (χ3n) is 2.31. The maximum atomic E-state index is 13.4. The minimum atomic E-state index is -4.80. The Labute approximate surface area is 111 Å². The summed E-state index contributed by atoms with van der Waals surface area (Å²) in [4.78, 5) is 15.0. The summed E-state index contributed by atoms with van der Waals surface area (Å²) in [6.07, 6.45) is -4.08. The zero-order chi connectivity index (χ0) is 14.4. The van der Waals surface area contributed by atoms with Crippen LogP contribution in [0.15, 0.2) is 21.5 Å². The van der Waals surface area contributed by atoms with Crippen molar-refractivity contribution >= 4 is 21.6 Å². The fourth-order valence-electron chi connectivity index (χ4n) is 1.46. The summed E-state index contributed by atoms with van der Waals surface area (Å²) in [5.41, 5.74) is -2.79. The summed E-state index contributed by atoms with van der Waals surface area (Å²) in [5, 5.41) is 0. The van der Waals surface area contributed by atoms with E-state index in [2.05, 4.69) is 25.7 Å². The Balaban J connectivity index is 2.89. The average Bonchev–Trinajstić information content (AvgIpc) is 2.32. The van der Waals surface area contributed by atoms with E-state index < -0.39 is 27.7 Å². The maximum Gasteiger partial charge on any atom is 0.434 e. The second-order valence-electron chi connectivity index (χ2n) is 3.50. The molecule has 0 aliphatic heterocycles. The minimum Gasteiger partial charge on any atom is -0.493 e. The number of hydrogen-bond donors (Lipinski definition) is 0. The molecule has 0 amide bonds. The number of halogens is 5. The highest BCUT2D eigenvalue weighted by Gasteiger charge is 2.37. The van der Waals surface area contributed by atoms with Crippen LogP contribution in [0.25, 0.3) is 5.65 Å². The first kappa shape index (κ1) is 13.8.